The fourth-order valence-electron chi connectivity index (χ4n) is 5.48. The maximum atomic E-state index is 13.2. The van der Waals surface area contributed by atoms with Gasteiger partial charge in [-0.1, -0.05) is 129 Å². The molecule has 0 aliphatic rings. The quantitative estimate of drug-likeness (QED) is 0.105. The number of carbonyl (C=O) groups excluding carboxylic acids is 4. The van der Waals surface area contributed by atoms with Gasteiger partial charge in [0.1, 0.15) is 0 Å². The Bertz CT molecular complexity index is 860. The molecule has 0 radical (unpaired) electrons. The molecule has 8 heteroatoms. The molecule has 0 heterocycles. The molecule has 0 fully saturated rings. The molecule has 0 saturated heterocycles. The second-order valence-electron chi connectivity index (χ2n) is 12.1. The normalized spacial score (nSPS) is 11.0. The van der Waals surface area contributed by atoms with E-state index in [1.54, 1.807) is 0 Å². The van der Waals surface area contributed by atoms with Crippen LogP contribution >= 0.6 is 0 Å². The summed E-state index contributed by atoms with van der Waals surface area (Å²) in [7, 11) is 0. The van der Waals surface area contributed by atoms with E-state index >= 15 is 0 Å². The summed E-state index contributed by atoms with van der Waals surface area (Å²) < 4.78 is 0. The van der Waals surface area contributed by atoms with Crippen LogP contribution in [0, 0.1) is 0 Å². The van der Waals surface area contributed by atoms with Gasteiger partial charge in [-0.2, -0.15) is 0 Å². The molecule has 0 saturated carbocycles. The average molecular weight is 615 g/mol. The van der Waals surface area contributed by atoms with Crippen LogP contribution in [-0.4, -0.2) is 59.6 Å². The van der Waals surface area contributed by atoms with Crippen LogP contribution in [0.25, 0.3) is 0 Å². The first-order chi connectivity index (χ1) is 21.4. The predicted octanol–water partition coefficient (Wildman–Crippen LogP) is 7.38. The molecule has 0 aliphatic heterocycles. The number of benzene rings is 1. The van der Waals surface area contributed by atoms with E-state index in [0.29, 0.717) is 24.2 Å². The highest BCUT2D eigenvalue weighted by molar-refractivity contribution is 6.07. The van der Waals surface area contributed by atoms with Crippen LogP contribution in [0.1, 0.15) is 163 Å². The Kier molecular flexibility index (Phi) is 23.1. The molecule has 1 rings (SSSR count). The standard InChI is InChI=1S/C36H62N4O4/c1-3-5-7-9-11-13-15-17-19-21-27-39(33(41)29-37)35(43)31-23-25-32(26-24-31)36(44)40(34(42)30-38)28-22-20-18-16-14-12-10-8-6-4-2/h23-26H,3-22,27-30,37-38H2,1-2H3. The van der Waals surface area contributed by atoms with Gasteiger partial charge in [0.2, 0.25) is 11.8 Å². The van der Waals surface area contributed by atoms with Crippen molar-refractivity contribution in [1.82, 2.24) is 9.80 Å². The summed E-state index contributed by atoms with van der Waals surface area (Å²) in [5.41, 5.74) is 11.8. The minimum Gasteiger partial charge on any atom is -0.322 e. The van der Waals surface area contributed by atoms with Crippen molar-refractivity contribution >= 4 is 23.6 Å². The van der Waals surface area contributed by atoms with Crippen LogP contribution in [-0.2, 0) is 9.59 Å². The van der Waals surface area contributed by atoms with E-state index in [1.165, 1.54) is 124 Å². The molecule has 250 valence electrons. The van der Waals surface area contributed by atoms with E-state index < -0.39 is 23.6 Å². The Balaban J connectivity index is 2.59. The van der Waals surface area contributed by atoms with Gasteiger partial charge in [-0.05, 0) is 37.1 Å². The number of hydrogen-bond acceptors (Lipinski definition) is 6. The third kappa shape index (κ3) is 16.5. The third-order valence-corrected chi connectivity index (χ3v) is 8.29. The molecule has 0 atom stereocenters. The third-order valence-electron chi connectivity index (χ3n) is 8.29. The molecule has 0 bridgehead atoms. The summed E-state index contributed by atoms with van der Waals surface area (Å²) in [4.78, 5) is 53.8. The van der Waals surface area contributed by atoms with Gasteiger partial charge in [0, 0.05) is 24.2 Å². The highest BCUT2D eigenvalue weighted by Gasteiger charge is 2.24. The van der Waals surface area contributed by atoms with E-state index in [9.17, 15) is 19.2 Å². The van der Waals surface area contributed by atoms with Crippen LogP contribution in [0.3, 0.4) is 0 Å². The maximum Gasteiger partial charge on any atom is 0.260 e. The van der Waals surface area contributed by atoms with Crippen LogP contribution < -0.4 is 11.5 Å². The summed E-state index contributed by atoms with van der Waals surface area (Å²) >= 11 is 0. The first-order valence-corrected chi connectivity index (χ1v) is 17.6. The second kappa shape index (κ2) is 25.7. The maximum absolute atomic E-state index is 13.2. The average Bonchev–Trinajstić information content (AvgIpc) is 3.05. The van der Waals surface area contributed by atoms with Crippen LogP contribution in [0.2, 0.25) is 0 Å². The van der Waals surface area contributed by atoms with Gasteiger partial charge in [-0.3, -0.25) is 29.0 Å². The molecular formula is C36H62N4O4. The molecule has 1 aromatic carbocycles. The van der Waals surface area contributed by atoms with Gasteiger partial charge in [-0.15, -0.1) is 0 Å². The van der Waals surface area contributed by atoms with E-state index in [4.69, 9.17) is 11.5 Å². The molecular weight excluding hydrogens is 552 g/mol. The predicted molar refractivity (Wildman–Crippen MR) is 180 cm³/mol. The minimum atomic E-state index is -0.421. The highest BCUT2D eigenvalue weighted by atomic mass is 16.2. The fraction of sp³-hybridized carbons (Fsp3) is 0.722. The van der Waals surface area contributed by atoms with Gasteiger partial charge in [0.25, 0.3) is 11.8 Å². The zero-order valence-electron chi connectivity index (χ0n) is 28.0. The van der Waals surface area contributed by atoms with E-state index in [1.807, 2.05) is 0 Å². The van der Waals surface area contributed by atoms with Crippen molar-refractivity contribution in [2.24, 2.45) is 11.5 Å². The number of rotatable bonds is 26. The van der Waals surface area contributed by atoms with Gasteiger partial charge >= 0.3 is 0 Å². The van der Waals surface area contributed by atoms with Crippen molar-refractivity contribution in [3.05, 3.63) is 35.4 Å². The smallest absolute Gasteiger partial charge is 0.260 e. The Morgan fingerprint density at radius 1 is 0.455 bits per heavy atom. The number of amides is 4. The highest BCUT2D eigenvalue weighted by Crippen LogP contribution is 2.15. The molecule has 44 heavy (non-hydrogen) atoms. The molecule has 0 aliphatic carbocycles. The number of nitrogens with two attached hydrogens (primary N) is 2. The number of nitrogens with zero attached hydrogens (tertiary/aromatic N) is 2. The Morgan fingerprint density at radius 2 is 0.705 bits per heavy atom. The van der Waals surface area contributed by atoms with Gasteiger partial charge in [0.15, 0.2) is 0 Å². The van der Waals surface area contributed by atoms with Gasteiger partial charge in [0.05, 0.1) is 13.1 Å². The molecule has 4 N–H and O–H groups in total. The van der Waals surface area contributed by atoms with Crippen LogP contribution in [0.4, 0.5) is 0 Å². The van der Waals surface area contributed by atoms with E-state index in [-0.39, 0.29) is 13.1 Å². The lowest BCUT2D eigenvalue weighted by Gasteiger charge is -2.22. The topological polar surface area (TPSA) is 127 Å². The summed E-state index contributed by atoms with van der Waals surface area (Å²) in [5.74, 6) is -1.67. The minimum absolute atomic E-state index is 0.241. The Hall–Kier alpha value is -2.58. The van der Waals surface area contributed by atoms with E-state index in [2.05, 4.69) is 13.8 Å². The Labute approximate surface area is 267 Å². The second-order valence-corrected chi connectivity index (χ2v) is 12.1. The monoisotopic (exact) mass is 614 g/mol. The van der Waals surface area contributed by atoms with Crippen LogP contribution in [0.5, 0.6) is 0 Å². The van der Waals surface area contributed by atoms with Crippen molar-refractivity contribution in [3.63, 3.8) is 0 Å². The summed E-state index contributed by atoms with van der Waals surface area (Å²) in [6.45, 7) is 4.61. The van der Waals surface area contributed by atoms with Gasteiger partial charge < -0.3 is 11.5 Å². The van der Waals surface area contributed by atoms with Crippen molar-refractivity contribution < 1.29 is 19.2 Å². The van der Waals surface area contributed by atoms with Crippen molar-refractivity contribution in [2.75, 3.05) is 26.2 Å². The number of imide groups is 2. The van der Waals surface area contributed by atoms with E-state index in [0.717, 1.165) is 38.5 Å². The van der Waals surface area contributed by atoms with Crippen LogP contribution in [0.15, 0.2) is 24.3 Å². The molecule has 4 amide bonds. The summed E-state index contributed by atoms with van der Waals surface area (Å²) in [6, 6.07) is 6.15. The molecule has 1 aromatic rings. The number of unbranched alkanes of at least 4 members (excludes halogenated alkanes) is 18. The van der Waals surface area contributed by atoms with Crippen molar-refractivity contribution in [2.45, 2.75) is 142 Å². The SMILES string of the molecule is CCCCCCCCCCCCN(C(=O)CN)C(=O)c1ccc(C(=O)N(CCCCCCCCCCCC)C(=O)CN)cc1. The largest absolute Gasteiger partial charge is 0.322 e. The molecule has 0 aromatic heterocycles. The first kappa shape index (κ1) is 39.4. The Morgan fingerprint density at radius 3 is 0.955 bits per heavy atom. The molecule has 0 unspecified atom stereocenters. The molecule has 0 spiro atoms. The zero-order chi connectivity index (χ0) is 32.4. The summed E-state index contributed by atoms with van der Waals surface area (Å²) in [5, 5.41) is 0. The summed E-state index contributed by atoms with van der Waals surface area (Å²) in [6.07, 6.45) is 23.2. The zero-order valence-corrected chi connectivity index (χ0v) is 28.0. The lowest BCUT2D eigenvalue weighted by Crippen LogP contribution is -2.42. The number of carbonyl (C=O) groups is 4. The fourth-order valence-corrected chi connectivity index (χ4v) is 5.48. The number of hydrogen-bond donors (Lipinski definition) is 2. The lowest BCUT2D eigenvalue weighted by molar-refractivity contribution is -0.128. The van der Waals surface area contributed by atoms with Gasteiger partial charge in [-0.25, -0.2) is 0 Å². The first-order valence-electron chi connectivity index (χ1n) is 17.6. The molecule has 8 nitrogen and oxygen atoms in total. The van der Waals surface area contributed by atoms with Crippen molar-refractivity contribution in [3.8, 4) is 0 Å². The van der Waals surface area contributed by atoms with Crippen molar-refractivity contribution in [1.29, 1.82) is 0 Å². The lowest BCUT2D eigenvalue weighted by atomic mass is 10.1.